The van der Waals surface area contributed by atoms with Crippen LogP contribution in [0.25, 0.3) is 60.6 Å². The lowest BCUT2D eigenvalue weighted by molar-refractivity contribution is 0.670. The molecule has 33 heavy (non-hydrogen) atoms. The summed E-state index contributed by atoms with van der Waals surface area (Å²) in [6.07, 6.45) is 0. The molecule has 0 aliphatic carbocycles. The molecule has 5 aromatic carbocycles. The predicted octanol–water partition coefficient (Wildman–Crippen LogP) is 9.00. The minimum atomic E-state index is 0.763. The van der Waals surface area contributed by atoms with Crippen LogP contribution < -0.4 is 0 Å². The molecule has 0 N–H and O–H groups in total. The monoisotopic (exact) mass is 443 g/mol. The standard InChI is InChI=1S/C30H18ClNO/c31-24-14-8-17-27-29(24)23-11-2-5-16-26(23)32(27)25-15-4-1-9-19(25)21-12-7-13-22-20-10-3-6-18-28(20)33-30(21)22/h1-18H. The molecule has 0 saturated heterocycles. The molecule has 0 fully saturated rings. The molecule has 0 bridgehead atoms. The maximum absolute atomic E-state index is 6.69. The summed E-state index contributed by atoms with van der Waals surface area (Å²) in [7, 11) is 0. The predicted molar refractivity (Wildman–Crippen MR) is 139 cm³/mol. The lowest BCUT2D eigenvalue weighted by atomic mass is 10.0. The van der Waals surface area contributed by atoms with Crippen LogP contribution in [0.5, 0.6) is 0 Å². The van der Waals surface area contributed by atoms with E-state index in [1.54, 1.807) is 0 Å². The zero-order chi connectivity index (χ0) is 21.9. The number of hydrogen-bond donors (Lipinski definition) is 0. The minimum Gasteiger partial charge on any atom is -0.455 e. The van der Waals surface area contributed by atoms with Crippen molar-refractivity contribution >= 4 is 55.3 Å². The molecule has 7 rings (SSSR count). The molecule has 2 aromatic heterocycles. The molecule has 3 heteroatoms. The van der Waals surface area contributed by atoms with Gasteiger partial charge in [0, 0.05) is 32.7 Å². The van der Waals surface area contributed by atoms with E-state index in [0.29, 0.717) is 0 Å². The topological polar surface area (TPSA) is 18.1 Å². The zero-order valence-electron chi connectivity index (χ0n) is 17.6. The van der Waals surface area contributed by atoms with Gasteiger partial charge in [-0.25, -0.2) is 0 Å². The van der Waals surface area contributed by atoms with Crippen LogP contribution in [0, 0.1) is 0 Å². The fraction of sp³-hybridized carbons (Fsp3) is 0. The second kappa shape index (κ2) is 6.99. The molecule has 0 radical (unpaired) electrons. The van der Waals surface area contributed by atoms with E-state index in [1.807, 2.05) is 24.3 Å². The maximum Gasteiger partial charge on any atom is 0.143 e. The first-order valence-electron chi connectivity index (χ1n) is 11.0. The summed E-state index contributed by atoms with van der Waals surface area (Å²) in [4.78, 5) is 0. The van der Waals surface area contributed by atoms with E-state index in [1.165, 1.54) is 0 Å². The summed E-state index contributed by atoms with van der Waals surface area (Å²) < 4.78 is 8.69. The van der Waals surface area contributed by atoms with E-state index in [4.69, 9.17) is 16.0 Å². The summed E-state index contributed by atoms with van der Waals surface area (Å²) in [5.74, 6) is 0. The van der Waals surface area contributed by atoms with Gasteiger partial charge in [0.25, 0.3) is 0 Å². The highest BCUT2D eigenvalue weighted by Gasteiger charge is 2.19. The number of hydrogen-bond acceptors (Lipinski definition) is 1. The van der Waals surface area contributed by atoms with Crippen LogP contribution in [-0.2, 0) is 0 Å². The molecule has 2 nitrogen and oxygen atoms in total. The van der Waals surface area contributed by atoms with Gasteiger partial charge in [-0.1, -0.05) is 90.5 Å². The number of halogens is 1. The van der Waals surface area contributed by atoms with E-state index < -0.39 is 0 Å². The van der Waals surface area contributed by atoms with Crippen LogP contribution in [0.15, 0.2) is 114 Å². The molecule has 0 aliphatic rings. The third-order valence-corrected chi connectivity index (χ3v) is 6.80. The third-order valence-electron chi connectivity index (χ3n) is 6.49. The molecule has 7 aromatic rings. The van der Waals surface area contributed by atoms with Gasteiger partial charge in [-0.3, -0.25) is 0 Å². The number of aromatic nitrogens is 1. The average Bonchev–Trinajstić information content (AvgIpc) is 3.40. The van der Waals surface area contributed by atoms with Crippen LogP contribution in [0.2, 0.25) is 5.02 Å². The molecule has 0 unspecified atom stereocenters. The highest BCUT2D eigenvalue weighted by molar-refractivity contribution is 6.38. The maximum atomic E-state index is 6.69. The van der Waals surface area contributed by atoms with Crippen molar-refractivity contribution in [2.75, 3.05) is 0 Å². The highest BCUT2D eigenvalue weighted by Crippen LogP contribution is 2.41. The molecular formula is C30H18ClNO. The number of fused-ring (bicyclic) bond motifs is 6. The van der Waals surface area contributed by atoms with E-state index >= 15 is 0 Å². The summed E-state index contributed by atoms with van der Waals surface area (Å²) in [6.45, 7) is 0. The lowest BCUT2D eigenvalue weighted by Crippen LogP contribution is -1.97. The van der Waals surface area contributed by atoms with Gasteiger partial charge in [-0.15, -0.1) is 0 Å². The average molecular weight is 444 g/mol. The number of para-hydroxylation sites is 4. The van der Waals surface area contributed by atoms with Gasteiger partial charge in [-0.05, 0) is 30.3 Å². The van der Waals surface area contributed by atoms with Crippen molar-refractivity contribution in [3.63, 3.8) is 0 Å². The van der Waals surface area contributed by atoms with Crippen LogP contribution in [0.3, 0.4) is 0 Å². The van der Waals surface area contributed by atoms with Gasteiger partial charge < -0.3 is 8.98 Å². The molecule has 0 spiro atoms. The molecule has 0 saturated carbocycles. The van der Waals surface area contributed by atoms with Crippen LogP contribution >= 0.6 is 11.6 Å². The lowest BCUT2D eigenvalue weighted by Gasteiger charge is -2.14. The Hall–Kier alpha value is -4.01. The van der Waals surface area contributed by atoms with Crippen molar-refractivity contribution in [2.24, 2.45) is 0 Å². The van der Waals surface area contributed by atoms with Crippen molar-refractivity contribution in [3.05, 3.63) is 114 Å². The molecule has 2 heterocycles. The van der Waals surface area contributed by atoms with Gasteiger partial charge in [0.2, 0.25) is 0 Å². The van der Waals surface area contributed by atoms with E-state index in [9.17, 15) is 0 Å². The van der Waals surface area contributed by atoms with E-state index in [0.717, 1.165) is 65.6 Å². The van der Waals surface area contributed by atoms with Crippen molar-refractivity contribution in [2.45, 2.75) is 0 Å². The minimum absolute atomic E-state index is 0.763. The summed E-state index contributed by atoms with van der Waals surface area (Å²) in [5, 5.41) is 5.25. The molecule has 156 valence electrons. The summed E-state index contributed by atoms with van der Waals surface area (Å²) >= 11 is 6.69. The molecule has 0 atom stereocenters. The van der Waals surface area contributed by atoms with Crippen molar-refractivity contribution in [3.8, 4) is 16.8 Å². The summed E-state index contributed by atoms with van der Waals surface area (Å²) in [6, 6.07) is 37.7. The van der Waals surface area contributed by atoms with E-state index in [-0.39, 0.29) is 0 Å². The Morgan fingerprint density at radius 2 is 1.21 bits per heavy atom. The van der Waals surface area contributed by atoms with Gasteiger partial charge in [0.15, 0.2) is 0 Å². The fourth-order valence-electron chi connectivity index (χ4n) is 5.09. The van der Waals surface area contributed by atoms with E-state index in [2.05, 4.69) is 89.5 Å². The second-order valence-electron chi connectivity index (χ2n) is 8.28. The van der Waals surface area contributed by atoms with Gasteiger partial charge in [0.1, 0.15) is 11.2 Å². The number of furan rings is 1. The Kier molecular flexibility index (Phi) is 3.93. The fourth-order valence-corrected chi connectivity index (χ4v) is 5.36. The Balaban J connectivity index is 1.61. The number of nitrogens with zero attached hydrogens (tertiary/aromatic N) is 1. The summed E-state index contributed by atoms with van der Waals surface area (Å²) in [5.41, 5.74) is 7.32. The first-order valence-corrected chi connectivity index (χ1v) is 11.4. The molecule has 0 aliphatic heterocycles. The Morgan fingerprint density at radius 1 is 0.545 bits per heavy atom. The Bertz CT molecular complexity index is 1840. The van der Waals surface area contributed by atoms with Crippen molar-refractivity contribution in [1.82, 2.24) is 4.57 Å². The Labute approximate surface area is 195 Å². The third kappa shape index (κ3) is 2.62. The van der Waals surface area contributed by atoms with Crippen LogP contribution in [0.4, 0.5) is 0 Å². The molecular weight excluding hydrogens is 426 g/mol. The van der Waals surface area contributed by atoms with Gasteiger partial charge in [0.05, 0.1) is 21.7 Å². The first-order chi connectivity index (χ1) is 16.3. The quantitative estimate of drug-likeness (QED) is 0.260. The van der Waals surface area contributed by atoms with Gasteiger partial charge >= 0.3 is 0 Å². The van der Waals surface area contributed by atoms with Crippen molar-refractivity contribution in [1.29, 1.82) is 0 Å². The first kappa shape index (κ1) is 18.6. The Morgan fingerprint density at radius 3 is 2.15 bits per heavy atom. The second-order valence-corrected chi connectivity index (χ2v) is 8.69. The zero-order valence-corrected chi connectivity index (χ0v) is 18.4. The largest absolute Gasteiger partial charge is 0.455 e. The molecule has 0 amide bonds. The SMILES string of the molecule is Clc1cccc2c1c1ccccc1n2-c1ccccc1-c1cccc2c1oc1ccccc12. The number of rotatable bonds is 2. The van der Waals surface area contributed by atoms with Gasteiger partial charge in [-0.2, -0.15) is 0 Å². The van der Waals surface area contributed by atoms with Crippen LogP contribution in [-0.4, -0.2) is 4.57 Å². The van der Waals surface area contributed by atoms with Crippen molar-refractivity contribution < 1.29 is 4.42 Å². The normalized spacial score (nSPS) is 11.8. The number of benzene rings is 5. The highest BCUT2D eigenvalue weighted by atomic mass is 35.5. The van der Waals surface area contributed by atoms with Crippen LogP contribution in [0.1, 0.15) is 0 Å². The smallest absolute Gasteiger partial charge is 0.143 e.